The summed E-state index contributed by atoms with van der Waals surface area (Å²) < 4.78 is 1.35. The van der Waals surface area contributed by atoms with Crippen LogP contribution in [0.4, 0.5) is 0 Å². The van der Waals surface area contributed by atoms with E-state index in [-0.39, 0.29) is 0 Å². The summed E-state index contributed by atoms with van der Waals surface area (Å²) in [4.78, 5) is 0. The fourth-order valence-electron chi connectivity index (χ4n) is 5.89. The van der Waals surface area contributed by atoms with Gasteiger partial charge in [-0.15, -0.1) is 0 Å². The molecule has 0 bridgehead atoms. The maximum absolute atomic E-state index is 2.58. The molecule has 0 saturated carbocycles. The van der Waals surface area contributed by atoms with Crippen LogP contribution in [0.1, 0.15) is 195 Å². The van der Waals surface area contributed by atoms with Gasteiger partial charge in [0.05, 0.1) is 26.7 Å². The summed E-state index contributed by atoms with van der Waals surface area (Å²) >= 11 is 0. The first-order valence-electron chi connectivity index (χ1n) is 17.4. The summed E-state index contributed by atoms with van der Waals surface area (Å²) in [7, 11) is 2.58. The van der Waals surface area contributed by atoms with E-state index in [0.29, 0.717) is 0 Å². The topological polar surface area (TPSA) is 0 Å². The molecule has 0 heterocycles. The van der Waals surface area contributed by atoms with Crippen LogP contribution in [0.3, 0.4) is 0 Å². The van der Waals surface area contributed by atoms with Gasteiger partial charge >= 0.3 is 0 Å². The first kappa shape index (κ1) is 36.0. The van der Waals surface area contributed by atoms with E-state index >= 15 is 0 Å². The second kappa shape index (κ2) is 28.0. The van der Waals surface area contributed by atoms with Gasteiger partial charge in [-0.3, -0.25) is 0 Å². The van der Waals surface area contributed by atoms with Gasteiger partial charge < -0.3 is 4.48 Å². The van der Waals surface area contributed by atoms with Crippen molar-refractivity contribution in [3.8, 4) is 0 Å². The lowest BCUT2D eigenvalue weighted by atomic mass is 10.0. The van der Waals surface area contributed by atoms with Crippen molar-refractivity contribution in [2.75, 3.05) is 26.7 Å². The predicted molar refractivity (Wildman–Crippen MR) is 167 cm³/mol. The first-order valence-corrected chi connectivity index (χ1v) is 17.4. The smallest absolute Gasteiger partial charge is 0.0784 e. The van der Waals surface area contributed by atoms with Gasteiger partial charge in [-0.05, 0) is 44.4 Å². The fourth-order valence-corrected chi connectivity index (χ4v) is 5.89. The van der Waals surface area contributed by atoms with Crippen LogP contribution >= 0.6 is 0 Å². The van der Waals surface area contributed by atoms with Gasteiger partial charge in [0.15, 0.2) is 0 Å². The van der Waals surface area contributed by atoms with E-state index < -0.39 is 0 Å². The summed E-state index contributed by atoms with van der Waals surface area (Å²) in [5, 5.41) is 0. The summed E-state index contributed by atoms with van der Waals surface area (Å²) in [5.74, 6) is 0.858. The quantitative estimate of drug-likeness (QED) is 0.0668. The van der Waals surface area contributed by atoms with E-state index in [2.05, 4.69) is 34.7 Å². The summed E-state index contributed by atoms with van der Waals surface area (Å²) in [6.45, 7) is 13.7. The lowest BCUT2D eigenvalue weighted by Crippen LogP contribution is -2.46. The number of hydrogen-bond donors (Lipinski definition) is 0. The zero-order chi connectivity index (χ0) is 26.6. The van der Waals surface area contributed by atoms with Crippen molar-refractivity contribution in [2.24, 2.45) is 5.92 Å². The predicted octanol–water partition coefficient (Wildman–Crippen LogP) is 12.3. The Morgan fingerprint density at radius 2 is 0.611 bits per heavy atom. The van der Waals surface area contributed by atoms with Crippen LogP contribution in [0.2, 0.25) is 0 Å². The molecule has 0 aliphatic carbocycles. The van der Waals surface area contributed by atoms with Crippen LogP contribution in [0.5, 0.6) is 0 Å². The van der Waals surface area contributed by atoms with Crippen molar-refractivity contribution in [3.05, 3.63) is 0 Å². The fraction of sp³-hybridized carbons (Fsp3) is 1.00. The van der Waals surface area contributed by atoms with Crippen molar-refractivity contribution in [1.82, 2.24) is 0 Å². The second-order valence-corrected chi connectivity index (χ2v) is 13.1. The van der Waals surface area contributed by atoms with Crippen LogP contribution in [0.15, 0.2) is 0 Å². The molecule has 0 N–H and O–H groups in total. The van der Waals surface area contributed by atoms with E-state index in [1.807, 2.05) is 0 Å². The Balaban J connectivity index is 3.85. The second-order valence-electron chi connectivity index (χ2n) is 13.1. The Labute approximate surface area is 231 Å². The molecular weight excluding hydrogens is 434 g/mol. The van der Waals surface area contributed by atoms with Gasteiger partial charge in [0.1, 0.15) is 0 Å². The molecule has 0 aromatic carbocycles. The molecule has 36 heavy (non-hydrogen) atoms. The Kier molecular flexibility index (Phi) is 27.9. The normalized spacial score (nSPS) is 12.2. The highest BCUT2D eigenvalue weighted by atomic mass is 15.3. The highest BCUT2D eigenvalue weighted by Crippen LogP contribution is 2.18. The van der Waals surface area contributed by atoms with E-state index in [9.17, 15) is 0 Å². The third-order valence-electron chi connectivity index (χ3n) is 8.58. The van der Waals surface area contributed by atoms with Crippen molar-refractivity contribution in [3.63, 3.8) is 0 Å². The monoisotopic (exact) mass is 509 g/mol. The SMILES string of the molecule is CCCCCCCCCCCCCC[N+](C)(CCCCCCCCCCCCCC)CCCC(C)C. The van der Waals surface area contributed by atoms with Crippen LogP contribution in [0.25, 0.3) is 0 Å². The Bertz CT molecular complexity index is 373. The van der Waals surface area contributed by atoms with Crippen molar-refractivity contribution >= 4 is 0 Å². The van der Waals surface area contributed by atoms with Crippen molar-refractivity contribution in [1.29, 1.82) is 0 Å². The molecule has 0 atom stereocenters. The van der Waals surface area contributed by atoms with E-state index in [1.54, 1.807) is 0 Å². The molecule has 0 aromatic heterocycles. The molecule has 0 rings (SSSR count). The molecule has 0 aliphatic heterocycles. The molecule has 0 saturated heterocycles. The van der Waals surface area contributed by atoms with E-state index in [0.717, 1.165) is 5.92 Å². The molecule has 0 amide bonds. The lowest BCUT2D eigenvalue weighted by molar-refractivity contribution is -0.910. The minimum absolute atomic E-state index is 0.858. The van der Waals surface area contributed by atoms with Gasteiger partial charge in [0, 0.05) is 0 Å². The van der Waals surface area contributed by atoms with E-state index in [1.165, 1.54) is 191 Å². The van der Waals surface area contributed by atoms with Gasteiger partial charge in [0.25, 0.3) is 0 Å². The molecule has 0 aromatic rings. The number of rotatable bonds is 30. The van der Waals surface area contributed by atoms with Gasteiger partial charge in [-0.1, -0.05) is 156 Å². The molecule has 1 heteroatoms. The molecule has 0 fully saturated rings. The third-order valence-corrected chi connectivity index (χ3v) is 8.58. The molecule has 218 valence electrons. The summed E-state index contributed by atoms with van der Waals surface area (Å²) in [6, 6.07) is 0. The third kappa shape index (κ3) is 27.0. The maximum atomic E-state index is 2.58. The molecule has 0 aliphatic rings. The zero-order valence-electron chi connectivity index (χ0n) is 26.5. The highest BCUT2D eigenvalue weighted by molar-refractivity contribution is 4.53. The first-order chi connectivity index (χ1) is 17.5. The van der Waals surface area contributed by atoms with E-state index in [4.69, 9.17) is 0 Å². The molecule has 0 unspecified atom stereocenters. The minimum atomic E-state index is 0.858. The Morgan fingerprint density at radius 3 is 0.889 bits per heavy atom. The molecule has 1 nitrogen and oxygen atoms in total. The van der Waals surface area contributed by atoms with Crippen LogP contribution in [-0.2, 0) is 0 Å². The van der Waals surface area contributed by atoms with Gasteiger partial charge in [-0.25, -0.2) is 0 Å². The van der Waals surface area contributed by atoms with Crippen molar-refractivity contribution < 1.29 is 4.48 Å². The average Bonchev–Trinajstić information content (AvgIpc) is 2.85. The Hall–Kier alpha value is -0.0400. The van der Waals surface area contributed by atoms with Crippen LogP contribution in [-0.4, -0.2) is 31.2 Å². The number of unbranched alkanes of at least 4 members (excludes halogenated alkanes) is 22. The lowest BCUT2D eigenvalue weighted by Gasteiger charge is -2.35. The van der Waals surface area contributed by atoms with Crippen molar-refractivity contribution in [2.45, 2.75) is 195 Å². The average molecular weight is 509 g/mol. The maximum Gasteiger partial charge on any atom is 0.0784 e. The minimum Gasteiger partial charge on any atom is -0.326 e. The number of quaternary nitrogens is 1. The summed E-state index contributed by atoms with van der Waals surface area (Å²) in [5.41, 5.74) is 0. The Morgan fingerprint density at radius 1 is 0.361 bits per heavy atom. The molecular formula is C35H74N+. The van der Waals surface area contributed by atoms with Gasteiger partial charge in [-0.2, -0.15) is 0 Å². The van der Waals surface area contributed by atoms with Crippen LogP contribution in [0, 0.1) is 5.92 Å². The largest absolute Gasteiger partial charge is 0.326 e. The molecule has 0 spiro atoms. The number of nitrogens with zero attached hydrogens (tertiary/aromatic N) is 1. The zero-order valence-corrected chi connectivity index (χ0v) is 26.5. The van der Waals surface area contributed by atoms with Gasteiger partial charge in [0.2, 0.25) is 0 Å². The highest BCUT2D eigenvalue weighted by Gasteiger charge is 2.20. The standard InChI is InChI=1S/C35H74N/c1-6-8-10-12-14-16-18-20-22-24-26-28-32-36(5,34-30-31-35(3)4)33-29-27-25-23-21-19-17-15-13-11-9-7-2/h35H,6-34H2,1-5H3/q+1. The number of hydrogen-bond acceptors (Lipinski definition) is 0. The summed E-state index contributed by atoms with van der Waals surface area (Å²) in [6.07, 6.45) is 37.9. The molecule has 0 radical (unpaired) electrons. The van der Waals surface area contributed by atoms with Crippen LogP contribution < -0.4 is 0 Å².